The van der Waals surface area contributed by atoms with E-state index in [1.54, 1.807) is 12.1 Å². The van der Waals surface area contributed by atoms with Crippen LogP contribution in [0, 0.1) is 12.7 Å². The van der Waals surface area contributed by atoms with Gasteiger partial charge in [0.15, 0.2) is 0 Å². The van der Waals surface area contributed by atoms with Crippen LogP contribution in [0.25, 0.3) is 0 Å². The number of hydrogen-bond donors (Lipinski definition) is 1. The first-order valence-corrected chi connectivity index (χ1v) is 3.44. The fraction of sp³-hybridized carbons (Fsp3) is 0.222. The van der Waals surface area contributed by atoms with Crippen LogP contribution in [-0.2, 0) is 6.42 Å². The predicted octanol–water partition coefficient (Wildman–Crippen LogP) is 1.56. The van der Waals surface area contributed by atoms with Gasteiger partial charge in [-0.2, -0.15) is 0 Å². The van der Waals surface area contributed by atoms with Crippen molar-refractivity contribution < 1.29 is 9.50 Å². The zero-order valence-electron chi connectivity index (χ0n) is 6.13. The summed E-state index contributed by atoms with van der Waals surface area (Å²) in [7, 11) is 0. The second kappa shape index (κ2) is 3.49. The topological polar surface area (TPSA) is 20.2 Å². The number of rotatable bonds is 2. The van der Waals surface area contributed by atoms with Crippen molar-refractivity contribution in [3.05, 3.63) is 42.6 Å². The summed E-state index contributed by atoms with van der Waals surface area (Å²) in [5.41, 5.74) is 0.897. The highest BCUT2D eigenvalue weighted by atomic mass is 19.1. The van der Waals surface area contributed by atoms with Gasteiger partial charge in [-0.25, -0.2) is 4.39 Å². The number of aliphatic hydroxyl groups excluding tert-OH is 1. The highest BCUT2D eigenvalue weighted by Gasteiger charge is 1.97. The minimum Gasteiger partial charge on any atom is -0.393 e. The fourth-order valence-electron chi connectivity index (χ4n) is 0.893. The molecule has 0 spiro atoms. The van der Waals surface area contributed by atoms with Crippen LogP contribution in [0.15, 0.2) is 24.3 Å². The maximum atomic E-state index is 12.3. The molecule has 1 N–H and O–H groups in total. The van der Waals surface area contributed by atoms with Crippen molar-refractivity contribution in [2.45, 2.75) is 12.5 Å². The summed E-state index contributed by atoms with van der Waals surface area (Å²) in [4.78, 5) is 0. The Balaban J connectivity index is 2.66. The SMILES string of the molecule is [CH2]C(O)Cc1ccc(F)cc1. The minimum absolute atomic E-state index is 0.257. The normalized spacial score (nSPS) is 13.0. The molecule has 1 aromatic rings. The van der Waals surface area contributed by atoms with Crippen molar-refractivity contribution >= 4 is 0 Å². The summed E-state index contributed by atoms with van der Waals surface area (Å²) < 4.78 is 12.3. The second-order valence-corrected chi connectivity index (χ2v) is 2.48. The van der Waals surface area contributed by atoms with Gasteiger partial charge in [-0.3, -0.25) is 0 Å². The molecular formula is C9H10FO. The first-order chi connectivity index (χ1) is 5.18. The third-order valence-electron chi connectivity index (χ3n) is 1.38. The van der Waals surface area contributed by atoms with Crippen molar-refractivity contribution in [3.8, 4) is 0 Å². The van der Waals surface area contributed by atoms with Crippen molar-refractivity contribution in [2.24, 2.45) is 0 Å². The lowest BCUT2D eigenvalue weighted by Crippen LogP contribution is -2.04. The van der Waals surface area contributed by atoms with Gasteiger partial charge in [0.25, 0.3) is 0 Å². The molecule has 0 saturated carbocycles. The predicted molar refractivity (Wildman–Crippen MR) is 41.5 cm³/mol. The molecule has 1 rings (SSSR count). The second-order valence-electron chi connectivity index (χ2n) is 2.48. The summed E-state index contributed by atoms with van der Waals surface area (Å²) in [6.07, 6.45) is -0.138. The zero-order valence-corrected chi connectivity index (χ0v) is 6.13. The van der Waals surface area contributed by atoms with Crippen LogP contribution >= 0.6 is 0 Å². The average molecular weight is 153 g/mol. The first-order valence-electron chi connectivity index (χ1n) is 3.44. The lowest BCUT2D eigenvalue weighted by atomic mass is 10.1. The molecule has 0 amide bonds. The van der Waals surface area contributed by atoms with E-state index in [2.05, 4.69) is 6.92 Å². The maximum Gasteiger partial charge on any atom is 0.123 e. The average Bonchev–Trinajstić information content (AvgIpc) is 1.93. The monoisotopic (exact) mass is 153 g/mol. The largest absolute Gasteiger partial charge is 0.393 e. The van der Waals surface area contributed by atoms with Gasteiger partial charge in [-0.05, 0) is 31.0 Å². The Kier molecular flexibility index (Phi) is 2.60. The van der Waals surface area contributed by atoms with Gasteiger partial charge in [-0.1, -0.05) is 12.1 Å². The Labute approximate surface area is 65.5 Å². The van der Waals surface area contributed by atoms with Crippen molar-refractivity contribution in [2.75, 3.05) is 0 Å². The van der Waals surface area contributed by atoms with Crippen molar-refractivity contribution in [1.29, 1.82) is 0 Å². The number of aliphatic hydroxyl groups is 1. The van der Waals surface area contributed by atoms with E-state index in [4.69, 9.17) is 5.11 Å². The molecule has 0 aromatic heterocycles. The molecule has 1 nitrogen and oxygen atoms in total. The van der Waals surface area contributed by atoms with E-state index in [0.717, 1.165) is 5.56 Å². The fourth-order valence-corrected chi connectivity index (χ4v) is 0.893. The van der Waals surface area contributed by atoms with Gasteiger partial charge in [-0.15, -0.1) is 0 Å². The van der Waals surface area contributed by atoms with Crippen LogP contribution in [0.1, 0.15) is 5.56 Å². The minimum atomic E-state index is -0.611. The molecule has 2 heteroatoms. The summed E-state index contributed by atoms with van der Waals surface area (Å²) in [5, 5.41) is 8.87. The molecule has 0 heterocycles. The summed E-state index contributed by atoms with van der Waals surface area (Å²) in [6, 6.07) is 6.03. The molecule has 0 fully saturated rings. The molecule has 59 valence electrons. The first kappa shape index (κ1) is 8.21. The van der Waals surface area contributed by atoms with E-state index in [-0.39, 0.29) is 5.82 Å². The third kappa shape index (κ3) is 2.68. The van der Waals surface area contributed by atoms with Crippen LogP contribution in [0.2, 0.25) is 0 Å². The molecule has 1 unspecified atom stereocenters. The van der Waals surface area contributed by atoms with Crippen molar-refractivity contribution in [1.82, 2.24) is 0 Å². The summed E-state index contributed by atoms with van der Waals surface area (Å²) >= 11 is 0. The zero-order chi connectivity index (χ0) is 8.27. The highest BCUT2D eigenvalue weighted by Crippen LogP contribution is 2.04. The van der Waals surface area contributed by atoms with Gasteiger partial charge >= 0.3 is 0 Å². The molecule has 1 radical (unpaired) electrons. The molecule has 1 aromatic carbocycles. The Morgan fingerprint density at radius 2 is 1.91 bits per heavy atom. The van der Waals surface area contributed by atoms with E-state index in [1.165, 1.54) is 12.1 Å². The highest BCUT2D eigenvalue weighted by molar-refractivity contribution is 5.16. The maximum absolute atomic E-state index is 12.3. The molecule has 1 atom stereocenters. The van der Waals surface area contributed by atoms with Crippen LogP contribution < -0.4 is 0 Å². The molecule has 0 aliphatic heterocycles. The Morgan fingerprint density at radius 3 is 2.36 bits per heavy atom. The lowest BCUT2D eigenvalue weighted by Gasteiger charge is -2.02. The van der Waals surface area contributed by atoms with Crippen molar-refractivity contribution in [3.63, 3.8) is 0 Å². The van der Waals surface area contributed by atoms with E-state index < -0.39 is 6.10 Å². The lowest BCUT2D eigenvalue weighted by molar-refractivity contribution is 0.221. The summed E-state index contributed by atoms with van der Waals surface area (Å²) in [5.74, 6) is -0.257. The van der Waals surface area contributed by atoms with Gasteiger partial charge in [0, 0.05) is 0 Å². The van der Waals surface area contributed by atoms with Gasteiger partial charge in [0.05, 0.1) is 6.10 Å². The van der Waals surface area contributed by atoms with Gasteiger partial charge < -0.3 is 5.11 Å². The number of halogens is 1. The standard InChI is InChI=1S/C9H10FO/c1-7(11)6-8-2-4-9(10)5-3-8/h2-5,7,11H,1,6H2. The molecular weight excluding hydrogens is 143 g/mol. The van der Waals surface area contributed by atoms with Crippen LogP contribution in [0.5, 0.6) is 0 Å². The molecule has 11 heavy (non-hydrogen) atoms. The molecule has 0 saturated heterocycles. The molecule has 0 bridgehead atoms. The number of hydrogen-bond acceptors (Lipinski definition) is 1. The van der Waals surface area contributed by atoms with Crippen LogP contribution in [-0.4, -0.2) is 11.2 Å². The summed E-state index contributed by atoms with van der Waals surface area (Å²) in [6.45, 7) is 3.42. The smallest absolute Gasteiger partial charge is 0.123 e. The Morgan fingerprint density at radius 1 is 1.36 bits per heavy atom. The van der Waals surface area contributed by atoms with E-state index in [9.17, 15) is 4.39 Å². The van der Waals surface area contributed by atoms with Crippen LogP contribution in [0.3, 0.4) is 0 Å². The number of benzene rings is 1. The van der Waals surface area contributed by atoms with E-state index in [1.807, 2.05) is 0 Å². The quantitative estimate of drug-likeness (QED) is 0.683. The van der Waals surface area contributed by atoms with E-state index >= 15 is 0 Å². The Hall–Kier alpha value is -0.890. The van der Waals surface area contributed by atoms with E-state index in [0.29, 0.717) is 6.42 Å². The Bertz CT molecular complexity index is 216. The molecule has 0 aliphatic rings. The van der Waals surface area contributed by atoms with Crippen LogP contribution in [0.4, 0.5) is 4.39 Å². The molecule has 0 aliphatic carbocycles. The third-order valence-corrected chi connectivity index (χ3v) is 1.38. The van der Waals surface area contributed by atoms with Gasteiger partial charge in [0.2, 0.25) is 0 Å². The van der Waals surface area contributed by atoms with Gasteiger partial charge in [0.1, 0.15) is 5.82 Å².